The minimum atomic E-state index is -1.02. The van der Waals surface area contributed by atoms with Gasteiger partial charge in [-0.2, -0.15) is 0 Å². The minimum Gasteiger partial charge on any atom is -0.321 e. The molecule has 19 heavy (non-hydrogen) atoms. The highest BCUT2D eigenvalue weighted by Gasteiger charge is 2.15. The highest BCUT2D eigenvalue weighted by molar-refractivity contribution is 6.42. The Bertz CT molecular complexity index is 550. The Hall–Kier alpha value is -1.36. The van der Waals surface area contributed by atoms with Crippen LogP contribution >= 0.6 is 23.2 Å². The van der Waals surface area contributed by atoms with Gasteiger partial charge in [0.05, 0.1) is 10.0 Å². The van der Waals surface area contributed by atoms with Crippen LogP contribution in [0.3, 0.4) is 0 Å². The van der Waals surface area contributed by atoms with E-state index in [1.807, 2.05) is 30.3 Å². The second-order valence-electron chi connectivity index (χ2n) is 3.79. The summed E-state index contributed by atoms with van der Waals surface area (Å²) in [7, 11) is 0. The van der Waals surface area contributed by atoms with Gasteiger partial charge in [-0.15, -0.1) is 0 Å². The van der Waals surface area contributed by atoms with Gasteiger partial charge in [-0.3, -0.25) is 0 Å². The Morgan fingerprint density at radius 1 is 1.05 bits per heavy atom. The van der Waals surface area contributed by atoms with Crippen molar-refractivity contribution in [1.82, 2.24) is 5.43 Å². The lowest BCUT2D eigenvalue weighted by Crippen LogP contribution is -2.22. The van der Waals surface area contributed by atoms with Crippen LogP contribution in [0.5, 0.6) is 0 Å². The summed E-state index contributed by atoms with van der Waals surface area (Å²) in [5.74, 6) is -2.03. The lowest BCUT2D eigenvalue weighted by molar-refractivity contribution is 0.495. The highest BCUT2D eigenvalue weighted by Crippen LogP contribution is 2.29. The molecule has 0 spiro atoms. The molecule has 0 saturated heterocycles. The largest absolute Gasteiger partial charge is 0.321 e. The molecule has 0 aromatic heterocycles. The van der Waals surface area contributed by atoms with Crippen molar-refractivity contribution in [3.05, 3.63) is 63.6 Å². The van der Waals surface area contributed by atoms with Gasteiger partial charge >= 0.3 is 0 Å². The third-order valence-corrected chi connectivity index (χ3v) is 3.30. The third-order valence-electron chi connectivity index (χ3n) is 2.47. The van der Waals surface area contributed by atoms with Gasteiger partial charge in [-0.25, -0.2) is 14.2 Å². The second kappa shape index (κ2) is 6.19. The van der Waals surface area contributed by atoms with Crippen molar-refractivity contribution in [2.75, 3.05) is 5.43 Å². The highest BCUT2D eigenvalue weighted by atomic mass is 35.5. The van der Waals surface area contributed by atoms with E-state index in [1.165, 1.54) is 0 Å². The molecule has 100 valence electrons. The van der Waals surface area contributed by atoms with Gasteiger partial charge in [-0.1, -0.05) is 41.4 Å². The topological polar surface area (TPSA) is 24.1 Å². The summed E-state index contributed by atoms with van der Waals surface area (Å²) in [6.45, 7) is -0.00294. The smallest absolute Gasteiger partial charge is 0.164 e. The average molecular weight is 303 g/mol. The van der Waals surface area contributed by atoms with E-state index in [4.69, 9.17) is 23.2 Å². The van der Waals surface area contributed by atoms with Crippen molar-refractivity contribution in [3.8, 4) is 0 Å². The van der Waals surface area contributed by atoms with E-state index in [0.717, 1.165) is 11.8 Å². The second-order valence-corrected chi connectivity index (χ2v) is 4.58. The number of halogens is 4. The molecule has 2 rings (SSSR count). The summed E-state index contributed by atoms with van der Waals surface area (Å²) in [5.41, 5.74) is 6.37. The fraction of sp³-hybridized carbons (Fsp3) is 0.0769. The van der Waals surface area contributed by atoms with Crippen molar-refractivity contribution >= 4 is 28.9 Å². The van der Waals surface area contributed by atoms with Crippen molar-refractivity contribution in [1.29, 1.82) is 0 Å². The van der Waals surface area contributed by atoms with E-state index in [9.17, 15) is 8.78 Å². The van der Waals surface area contributed by atoms with Crippen LogP contribution in [0.25, 0.3) is 0 Å². The van der Waals surface area contributed by atoms with E-state index in [0.29, 0.717) is 0 Å². The molecule has 0 bridgehead atoms. The van der Waals surface area contributed by atoms with Crippen LogP contribution in [-0.4, -0.2) is 0 Å². The van der Waals surface area contributed by atoms with Crippen molar-refractivity contribution in [3.63, 3.8) is 0 Å². The standard InChI is InChI=1S/C13H10Cl2F2N2/c14-10-6-11(16)13(17)9(12(10)15)7-18-19-8-4-2-1-3-5-8/h1-6,18-19H,7H2. The van der Waals surface area contributed by atoms with Crippen molar-refractivity contribution in [2.45, 2.75) is 6.54 Å². The summed E-state index contributed by atoms with van der Waals surface area (Å²) >= 11 is 11.5. The summed E-state index contributed by atoms with van der Waals surface area (Å²) in [4.78, 5) is 0. The number of benzene rings is 2. The summed E-state index contributed by atoms with van der Waals surface area (Å²) in [6, 6.07) is 10.1. The molecular weight excluding hydrogens is 293 g/mol. The molecule has 0 fully saturated rings. The fourth-order valence-corrected chi connectivity index (χ4v) is 1.95. The molecule has 0 aliphatic heterocycles. The van der Waals surface area contributed by atoms with Gasteiger partial charge in [-0.05, 0) is 18.2 Å². The number of hydrogen-bond donors (Lipinski definition) is 2. The lowest BCUT2D eigenvalue weighted by atomic mass is 10.2. The van der Waals surface area contributed by atoms with Crippen LogP contribution < -0.4 is 10.9 Å². The molecule has 2 N–H and O–H groups in total. The van der Waals surface area contributed by atoms with E-state index < -0.39 is 11.6 Å². The summed E-state index contributed by atoms with van der Waals surface area (Å²) < 4.78 is 26.8. The molecule has 0 saturated carbocycles. The quantitative estimate of drug-likeness (QED) is 0.646. The Kier molecular flexibility index (Phi) is 4.58. The number of rotatable bonds is 4. The number of hydrogen-bond acceptors (Lipinski definition) is 2. The van der Waals surface area contributed by atoms with Crippen LogP contribution in [0.1, 0.15) is 5.56 Å². The first-order chi connectivity index (χ1) is 9.09. The third kappa shape index (κ3) is 3.35. The molecule has 0 unspecified atom stereocenters. The van der Waals surface area contributed by atoms with Crippen LogP contribution in [-0.2, 0) is 6.54 Å². The maximum absolute atomic E-state index is 13.6. The van der Waals surface area contributed by atoms with Gasteiger partial charge in [0.15, 0.2) is 11.6 Å². The van der Waals surface area contributed by atoms with Gasteiger partial charge in [0, 0.05) is 17.8 Å². The first kappa shape index (κ1) is 14.1. The molecule has 2 aromatic carbocycles. The van der Waals surface area contributed by atoms with Crippen LogP contribution in [0, 0.1) is 11.6 Å². The van der Waals surface area contributed by atoms with E-state index in [-0.39, 0.29) is 22.2 Å². The minimum absolute atomic E-state index is 0.00271. The average Bonchev–Trinajstić information content (AvgIpc) is 2.42. The molecule has 2 aromatic rings. The maximum atomic E-state index is 13.6. The van der Waals surface area contributed by atoms with Gasteiger partial charge in [0.1, 0.15) is 0 Å². The molecular formula is C13H10Cl2F2N2. The number of para-hydroxylation sites is 1. The monoisotopic (exact) mass is 302 g/mol. The molecule has 2 nitrogen and oxygen atoms in total. The van der Waals surface area contributed by atoms with E-state index >= 15 is 0 Å². The van der Waals surface area contributed by atoms with Crippen LogP contribution in [0.15, 0.2) is 36.4 Å². The molecule has 6 heteroatoms. The molecule has 0 heterocycles. The SMILES string of the molecule is Fc1cc(Cl)c(Cl)c(CNNc2ccccc2)c1F. The Labute approximate surface area is 119 Å². The molecule has 0 radical (unpaired) electrons. The first-order valence-corrected chi connectivity index (χ1v) is 6.21. The van der Waals surface area contributed by atoms with Gasteiger partial charge < -0.3 is 5.43 Å². The van der Waals surface area contributed by atoms with Gasteiger partial charge in [0.25, 0.3) is 0 Å². The number of anilines is 1. The lowest BCUT2D eigenvalue weighted by Gasteiger charge is -2.11. The van der Waals surface area contributed by atoms with E-state index in [2.05, 4.69) is 10.9 Å². The number of hydrazine groups is 1. The predicted molar refractivity (Wildman–Crippen MR) is 73.3 cm³/mol. The Morgan fingerprint density at radius 2 is 1.74 bits per heavy atom. The van der Waals surface area contributed by atoms with E-state index in [1.54, 1.807) is 0 Å². The number of nitrogens with one attached hydrogen (secondary N) is 2. The predicted octanol–water partition coefficient (Wildman–Crippen LogP) is 4.39. The van der Waals surface area contributed by atoms with Gasteiger partial charge in [0.2, 0.25) is 0 Å². The fourth-order valence-electron chi connectivity index (χ4n) is 1.53. The first-order valence-electron chi connectivity index (χ1n) is 5.45. The zero-order valence-corrected chi connectivity index (χ0v) is 11.2. The zero-order valence-electron chi connectivity index (χ0n) is 9.68. The van der Waals surface area contributed by atoms with Crippen LogP contribution in [0.2, 0.25) is 10.0 Å². The Balaban J connectivity index is 2.08. The van der Waals surface area contributed by atoms with Crippen molar-refractivity contribution in [2.24, 2.45) is 0 Å². The summed E-state index contributed by atoms with van der Waals surface area (Å²) in [5, 5.41) is -0.0139. The Morgan fingerprint density at radius 3 is 2.42 bits per heavy atom. The zero-order chi connectivity index (χ0) is 13.8. The maximum Gasteiger partial charge on any atom is 0.164 e. The van der Waals surface area contributed by atoms with Crippen LogP contribution in [0.4, 0.5) is 14.5 Å². The van der Waals surface area contributed by atoms with Crippen molar-refractivity contribution < 1.29 is 8.78 Å². The molecule has 0 atom stereocenters. The molecule has 0 aliphatic rings. The summed E-state index contributed by atoms with van der Waals surface area (Å²) in [6.07, 6.45) is 0. The molecule has 0 aliphatic carbocycles. The molecule has 0 amide bonds. The normalized spacial score (nSPS) is 10.5.